The zero-order valence-electron chi connectivity index (χ0n) is 15.3. The van der Waals surface area contributed by atoms with E-state index in [0.29, 0.717) is 22.6 Å². The Morgan fingerprint density at radius 1 is 1.23 bits per heavy atom. The maximum absolute atomic E-state index is 12.8. The molecule has 26 heavy (non-hydrogen) atoms. The minimum Gasteiger partial charge on any atom is -0.349 e. The molecule has 1 saturated heterocycles. The van der Waals surface area contributed by atoms with Gasteiger partial charge < -0.3 is 9.88 Å². The SMILES string of the molecule is CC1CC(C)CN(CCCn2cnc3c([nH]c4ccc(Cl)cc43)c2=O)C1. The molecular weight excluding hydrogens is 348 g/mol. The lowest BCUT2D eigenvalue weighted by atomic mass is 9.92. The average molecular weight is 373 g/mol. The van der Waals surface area contributed by atoms with Crippen molar-refractivity contribution in [3.8, 4) is 0 Å². The highest BCUT2D eigenvalue weighted by Gasteiger charge is 2.21. The Morgan fingerprint density at radius 3 is 2.77 bits per heavy atom. The molecule has 1 fully saturated rings. The molecule has 1 aromatic carbocycles. The first-order valence-electron chi connectivity index (χ1n) is 9.40. The molecule has 1 aliphatic rings. The molecule has 0 amide bonds. The van der Waals surface area contributed by atoms with Gasteiger partial charge in [-0.1, -0.05) is 25.4 Å². The molecule has 138 valence electrons. The second-order valence-electron chi connectivity index (χ2n) is 7.84. The number of hydrogen-bond donors (Lipinski definition) is 1. The fraction of sp³-hybridized carbons (Fsp3) is 0.500. The molecule has 0 aliphatic carbocycles. The van der Waals surface area contributed by atoms with Crippen LogP contribution < -0.4 is 5.56 Å². The number of likely N-dealkylation sites (tertiary alicyclic amines) is 1. The lowest BCUT2D eigenvalue weighted by molar-refractivity contribution is 0.138. The number of aromatic amines is 1. The van der Waals surface area contributed by atoms with Crippen LogP contribution in [-0.4, -0.2) is 39.1 Å². The molecule has 0 bridgehead atoms. The van der Waals surface area contributed by atoms with Crippen LogP contribution in [0.15, 0.2) is 29.3 Å². The predicted octanol–water partition coefficient (Wildman–Crippen LogP) is 3.90. The molecule has 1 aliphatic heterocycles. The molecule has 5 nitrogen and oxygen atoms in total. The number of H-pyrrole nitrogens is 1. The van der Waals surface area contributed by atoms with Gasteiger partial charge in [0.2, 0.25) is 0 Å². The normalized spacial score (nSPS) is 21.7. The van der Waals surface area contributed by atoms with Crippen LogP contribution >= 0.6 is 11.6 Å². The van der Waals surface area contributed by atoms with Gasteiger partial charge in [0.1, 0.15) is 11.0 Å². The second kappa shape index (κ2) is 7.05. The summed E-state index contributed by atoms with van der Waals surface area (Å²) in [5.74, 6) is 1.52. The van der Waals surface area contributed by atoms with E-state index in [-0.39, 0.29) is 5.56 Å². The van der Waals surface area contributed by atoms with Crippen molar-refractivity contribution >= 4 is 33.5 Å². The molecule has 6 heteroatoms. The van der Waals surface area contributed by atoms with Crippen molar-refractivity contribution in [1.82, 2.24) is 19.4 Å². The predicted molar refractivity (Wildman–Crippen MR) is 107 cm³/mol. The van der Waals surface area contributed by atoms with E-state index >= 15 is 0 Å². The van der Waals surface area contributed by atoms with Crippen LogP contribution in [-0.2, 0) is 6.54 Å². The van der Waals surface area contributed by atoms with Crippen molar-refractivity contribution in [2.45, 2.75) is 33.2 Å². The van der Waals surface area contributed by atoms with Gasteiger partial charge >= 0.3 is 0 Å². The number of aromatic nitrogens is 3. The third-order valence-electron chi connectivity index (χ3n) is 5.35. The highest BCUT2D eigenvalue weighted by molar-refractivity contribution is 6.31. The first kappa shape index (κ1) is 17.6. The minimum atomic E-state index is -0.0114. The minimum absolute atomic E-state index is 0.0114. The first-order chi connectivity index (χ1) is 12.5. The van der Waals surface area contributed by atoms with Gasteiger partial charge in [0.25, 0.3) is 5.56 Å². The van der Waals surface area contributed by atoms with E-state index in [2.05, 4.69) is 28.7 Å². The molecule has 2 aromatic heterocycles. The van der Waals surface area contributed by atoms with E-state index in [1.165, 1.54) is 19.5 Å². The molecule has 4 rings (SSSR count). The Balaban J connectivity index is 1.51. The van der Waals surface area contributed by atoms with Gasteiger partial charge in [-0.05, 0) is 49.4 Å². The van der Waals surface area contributed by atoms with Crippen LogP contribution in [0.4, 0.5) is 0 Å². The Kier molecular flexibility index (Phi) is 4.76. The van der Waals surface area contributed by atoms with Gasteiger partial charge in [-0.25, -0.2) is 4.98 Å². The quantitative estimate of drug-likeness (QED) is 0.755. The molecule has 0 saturated carbocycles. The van der Waals surface area contributed by atoms with Crippen LogP contribution in [0.3, 0.4) is 0 Å². The fourth-order valence-electron chi connectivity index (χ4n) is 4.36. The van der Waals surface area contributed by atoms with Crippen molar-refractivity contribution in [3.63, 3.8) is 0 Å². The molecule has 2 atom stereocenters. The molecule has 3 heterocycles. The maximum atomic E-state index is 12.8. The zero-order chi connectivity index (χ0) is 18.3. The number of rotatable bonds is 4. The van der Waals surface area contributed by atoms with Gasteiger partial charge in [-0.15, -0.1) is 0 Å². The summed E-state index contributed by atoms with van der Waals surface area (Å²) in [7, 11) is 0. The van der Waals surface area contributed by atoms with Gasteiger partial charge in [-0.3, -0.25) is 9.36 Å². The smallest absolute Gasteiger partial charge is 0.277 e. The first-order valence-corrected chi connectivity index (χ1v) is 9.78. The Bertz CT molecular complexity index is 983. The van der Waals surface area contributed by atoms with Crippen molar-refractivity contribution in [1.29, 1.82) is 0 Å². The summed E-state index contributed by atoms with van der Waals surface area (Å²) in [6.45, 7) is 8.71. The number of hydrogen-bond acceptors (Lipinski definition) is 3. The third-order valence-corrected chi connectivity index (χ3v) is 5.59. The number of benzene rings is 1. The number of fused-ring (bicyclic) bond motifs is 3. The molecule has 1 N–H and O–H groups in total. The maximum Gasteiger partial charge on any atom is 0.277 e. The summed E-state index contributed by atoms with van der Waals surface area (Å²) in [4.78, 5) is 23.1. The van der Waals surface area contributed by atoms with Crippen molar-refractivity contribution in [2.75, 3.05) is 19.6 Å². The van der Waals surface area contributed by atoms with Gasteiger partial charge in [0.05, 0.1) is 6.33 Å². The number of halogens is 1. The Morgan fingerprint density at radius 2 is 2.00 bits per heavy atom. The molecular formula is C20H25ClN4O. The summed E-state index contributed by atoms with van der Waals surface area (Å²) in [5, 5.41) is 1.54. The Hall–Kier alpha value is -1.85. The van der Waals surface area contributed by atoms with E-state index in [4.69, 9.17) is 11.6 Å². The van der Waals surface area contributed by atoms with Gasteiger partial charge in [0, 0.05) is 35.6 Å². The summed E-state index contributed by atoms with van der Waals surface area (Å²) in [5.41, 5.74) is 2.14. The van der Waals surface area contributed by atoms with E-state index in [1.807, 2.05) is 18.2 Å². The molecule has 3 aromatic rings. The monoisotopic (exact) mass is 372 g/mol. The standard InChI is InChI=1S/C20H25ClN4O/c1-13-8-14(2)11-24(10-13)6-3-7-25-12-22-18-16-9-15(21)4-5-17(16)23-19(18)20(25)26/h4-5,9,12-14,23H,3,6-8,10-11H2,1-2H3. The largest absolute Gasteiger partial charge is 0.349 e. The van der Waals surface area contributed by atoms with Crippen molar-refractivity contribution < 1.29 is 0 Å². The lowest BCUT2D eigenvalue weighted by Gasteiger charge is -2.34. The summed E-state index contributed by atoms with van der Waals surface area (Å²) in [6.07, 6.45) is 3.94. The topological polar surface area (TPSA) is 53.9 Å². The van der Waals surface area contributed by atoms with Crippen molar-refractivity contribution in [2.24, 2.45) is 11.8 Å². The highest BCUT2D eigenvalue weighted by atomic mass is 35.5. The summed E-state index contributed by atoms with van der Waals surface area (Å²) < 4.78 is 1.72. The third kappa shape index (κ3) is 3.38. The number of aryl methyl sites for hydroxylation is 1. The number of nitrogens with one attached hydrogen (secondary N) is 1. The van der Waals surface area contributed by atoms with Crippen LogP contribution in [0.25, 0.3) is 21.9 Å². The summed E-state index contributed by atoms with van der Waals surface area (Å²) in [6, 6.07) is 5.56. The molecule has 0 radical (unpaired) electrons. The average Bonchev–Trinajstić information content (AvgIpc) is 2.95. The van der Waals surface area contributed by atoms with Crippen LogP contribution in [0, 0.1) is 11.8 Å². The fourth-order valence-corrected chi connectivity index (χ4v) is 4.53. The number of piperidine rings is 1. The van der Waals surface area contributed by atoms with Crippen LogP contribution in [0.2, 0.25) is 5.02 Å². The van der Waals surface area contributed by atoms with E-state index < -0.39 is 0 Å². The number of nitrogens with zero attached hydrogens (tertiary/aromatic N) is 3. The van der Waals surface area contributed by atoms with E-state index in [9.17, 15) is 4.79 Å². The van der Waals surface area contributed by atoms with Crippen molar-refractivity contribution in [3.05, 3.63) is 39.9 Å². The molecule has 2 unspecified atom stereocenters. The van der Waals surface area contributed by atoms with Crippen LogP contribution in [0.5, 0.6) is 0 Å². The van der Waals surface area contributed by atoms with E-state index in [0.717, 1.165) is 35.7 Å². The van der Waals surface area contributed by atoms with Gasteiger partial charge in [-0.2, -0.15) is 0 Å². The Labute approximate surface area is 158 Å². The second-order valence-corrected chi connectivity index (χ2v) is 8.28. The lowest BCUT2D eigenvalue weighted by Crippen LogP contribution is -2.39. The molecule has 0 spiro atoms. The summed E-state index contributed by atoms with van der Waals surface area (Å²) >= 11 is 6.08. The zero-order valence-corrected chi connectivity index (χ0v) is 16.1. The van der Waals surface area contributed by atoms with Gasteiger partial charge in [0.15, 0.2) is 0 Å². The van der Waals surface area contributed by atoms with E-state index in [1.54, 1.807) is 10.9 Å². The van der Waals surface area contributed by atoms with Crippen LogP contribution in [0.1, 0.15) is 26.7 Å². The highest BCUT2D eigenvalue weighted by Crippen LogP contribution is 2.24.